The molecule has 5 unspecified atom stereocenters. The average molecular weight is 1150 g/mol. The molecule has 7 atom stereocenters. The van der Waals surface area contributed by atoms with Gasteiger partial charge in [-0.3, -0.25) is 47.9 Å². The molecule has 20 nitrogen and oxygen atoms in total. The van der Waals surface area contributed by atoms with Gasteiger partial charge in [0.1, 0.15) is 40.8 Å². The average Bonchev–Trinajstić information content (AvgIpc) is 3.44. The smallest absolute Gasteiger partial charge is 0.246 e. The van der Waals surface area contributed by atoms with Crippen molar-refractivity contribution in [2.75, 3.05) is 27.2 Å². The van der Waals surface area contributed by atoms with E-state index in [9.17, 15) is 47.9 Å². The van der Waals surface area contributed by atoms with Gasteiger partial charge in [-0.2, -0.15) is 0 Å². The summed E-state index contributed by atoms with van der Waals surface area (Å²) < 4.78 is 0. The lowest BCUT2D eigenvalue weighted by atomic mass is 9.75. The molecule has 0 saturated heterocycles. The van der Waals surface area contributed by atoms with Gasteiger partial charge in [0.05, 0.1) is 0 Å². The third kappa shape index (κ3) is 25.7. The Morgan fingerprint density at radius 1 is 0.524 bits per heavy atom. The summed E-state index contributed by atoms with van der Waals surface area (Å²) in [5, 5.41) is 25.3. The minimum atomic E-state index is -1.63. The third-order valence-corrected chi connectivity index (χ3v) is 14.7. The summed E-state index contributed by atoms with van der Waals surface area (Å²) in [5.74, 6) is -6.63. The van der Waals surface area contributed by atoms with Crippen LogP contribution in [0.15, 0.2) is 30.3 Å². The van der Waals surface area contributed by atoms with E-state index >= 15 is 0 Å². The lowest BCUT2D eigenvalue weighted by molar-refractivity contribution is -0.139. The molecule has 0 heterocycles. The number of unbranched alkanes of at least 4 members (excludes halogenated alkanes) is 5. The Balaban J connectivity index is 2.26. The maximum atomic E-state index is 14.4. The van der Waals surface area contributed by atoms with Crippen LogP contribution >= 0.6 is 0 Å². The van der Waals surface area contributed by atoms with Crippen molar-refractivity contribution in [1.82, 2.24) is 52.8 Å². The number of nitrogens with one attached hydrogen (secondary N) is 9. The van der Waals surface area contributed by atoms with Gasteiger partial charge in [-0.05, 0) is 119 Å². The number of likely N-dealkylation sites (N-methyl/N-ethyl adjacent to an activating group) is 1. The number of hydrogen-bond acceptors (Lipinski definition) is 11. The van der Waals surface area contributed by atoms with Gasteiger partial charge in [0, 0.05) is 43.0 Å². The summed E-state index contributed by atoms with van der Waals surface area (Å²) >= 11 is 0. The van der Waals surface area contributed by atoms with Crippen LogP contribution < -0.4 is 47.9 Å². The van der Waals surface area contributed by atoms with Crippen LogP contribution in [0.4, 0.5) is 0 Å². The first-order chi connectivity index (χ1) is 38.2. The second kappa shape index (κ2) is 34.6. The quantitative estimate of drug-likeness (QED) is 0.0288. The van der Waals surface area contributed by atoms with Gasteiger partial charge in [0.2, 0.25) is 53.2 Å². The fourth-order valence-electron chi connectivity index (χ4n) is 10.1. The SMILES string of the molecule is CCCCCCCCC(NC(=O)[C@@H]1CCCC[C@@H]1C(=O)c1ccccc1)C(=O)NC(CC(C)C)C(=O)NC(C)(C)C(=O)NC(CC(C)C)C(=O)NC(CC(C)C)C(=O)NC(C)(C)C(=O)NC(C)(C)C(=O)NCCC(=O)NC(C)CN(C)C. The van der Waals surface area contributed by atoms with E-state index in [-0.39, 0.29) is 73.6 Å². The summed E-state index contributed by atoms with van der Waals surface area (Å²) in [5.41, 5.74) is -4.11. The molecule has 20 heteroatoms. The molecule has 2 rings (SSSR count). The molecule has 0 aliphatic heterocycles. The van der Waals surface area contributed by atoms with Gasteiger partial charge in [-0.25, -0.2) is 0 Å². The number of amides is 9. The zero-order chi connectivity index (χ0) is 62.1. The molecule has 9 amide bonds. The molecule has 1 aromatic carbocycles. The Morgan fingerprint density at radius 3 is 1.50 bits per heavy atom. The van der Waals surface area contributed by atoms with Crippen molar-refractivity contribution in [2.24, 2.45) is 29.6 Å². The molecule has 0 radical (unpaired) electrons. The van der Waals surface area contributed by atoms with Crippen molar-refractivity contribution in [1.29, 1.82) is 0 Å². The highest BCUT2D eigenvalue weighted by molar-refractivity contribution is 6.02. The van der Waals surface area contributed by atoms with Crippen molar-refractivity contribution < 1.29 is 47.9 Å². The molecule has 0 spiro atoms. The summed E-state index contributed by atoms with van der Waals surface area (Å²) in [4.78, 5) is 141. The lowest BCUT2D eigenvalue weighted by Crippen LogP contribution is -2.65. The molecule has 1 fully saturated rings. The molecule has 464 valence electrons. The van der Waals surface area contributed by atoms with Crippen LogP contribution in [0.2, 0.25) is 0 Å². The van der Waals surface area contributed by atoms with E-state index in [2.05, 4.69) is 54.8 Å². The molecule has 1 aliphatic rings. The summed E-state index contributed by atoms with van der Waals surface area (Å²) in [7, 11) is 3.80. The second-order valence-electron chi connectivity index (χ2n) is 25.9. The van der Waals surface area contributed by atoms with Crippen molar-refractivity contribution in [2.45, 2.75) is 240 Å². The van der Waals surface area contributed by atoms with E-state index in [4.69, 9.17) is 0 Å². The van der Waals surface area contributed by atoms with E-state index in [1.807, 2.05) is 73.5 Å². The Morgan fingerprint density at radius 2 is 0.988 bits per heavy atom. The van der Waals surface area contributed by atoms with Crippen LogP contribution in [-0.2, 0) is 43.2 Å². The largest absolute Gasteiger partial charge is 0.354 e. The maximum absolute atomic E-state index is 14.4. The maximum Gasteiger partial charge on any atom is 0.246 e. The van der Waals surface area contributed by atoms with Crippen LogP contribution in [-0.4, -0.2) is 138 Å². The highest BCUT2D eigenvalue weighted by Gasteiger charge is 2.42. The van der Waals surface area contributed by atoms with Gasteiger partial charge in [0.25, 0.3) is 0 Å². The number of benzene rings is 1. The lowest BCUT2D eigenvalue weighted by Gasteiger charge is -2.34. The van der Waals surface area contributed by atoms with E-state index in [0.29, 0.717) is 37.8 Å². The van der Waals surface area contributed by atoms with E-state index in [1.54, 1.807) is 24.3 Å². The van der Waals surface area contributed by atoms with Gasteiger partial charge >= 0.3 is 0 Å². The molecule has 1 aromatic rings. The molecule has 1 aliphatic carbocycles. The third-order valence-electron chi connectivity index (χ3n) is 14.7. The minimum Gasteiger partial charge on any atom is -0.354 e. The Labute approximate surface area is 490 Å². The molecular weight excluding hydrogens is 1040 g/mol. The Hall–Kier alpha value is -5.92. The Kier molecular flexibility index (Phi) is 30.5. The standard InChI is InChI=1S/C62H106N10O10/c1-17-18-19-20-21-25-32-46(65-52(75)45-31-27-26-30-44(45)51(74)43-28-23-22-24-29-43)53(76)66-48(36-40(4)5)55(78)69-61(11,12)58(81)68-47(35-39(2)3)54(77)67-49(37-41(6)7)56(79)70-62(13,14)59(82)71-60(9,10)57(80)63-34-33-50(73)64-42(8)38-72(15)16/h22-24,28-29,39-42,44-49H,17-21,25-27,30-38H2,1-16H3,(H,63,80)(H,64,73)(H,65,75)(H,66,76)(H,67,77)(H,68,81)(H,69,78)(H,70,79)(H,71,82)/t42?,44-,45+,46?,47?,48?,49?/m0/s1. The summed E-state index contributed by atoms with van der Waals surface area (Å²) in [6.07, 6.45) is 9.23. The summed E-state index contributed by atoms with van der Waals surface area (Å²) in [6.45, 7) is 24.8. The summed E-state index contributed by atoms with van der Waals surface area (Å²) in [6, 6.07) is 4.42. The molecule has 82 heavy (non-hydrogen) atoms. The molecular formula is C62H106N10O10. The van der Waals surface area contributed by atoms with Gasteiger partial charge < -0.3 is 52.8 Å². The second-order valence-corrected chi connectivity index (χ2v) is 25.9. The van der Waals surface area contributed by atoms with Crippen molar-refractivity contribution in [3.8, 4) is 0 Å². The predicted molar refractivity (Wildman–Crippen MR) is 321 cm³/mol. The van der Waals surface area contributed by atoms with Crippen LogP contribution in [0.1, 0.15) is 204 Å². The fraction of sp³-hybridized carbons (Fsp3) is 0.742. The molecule has 0 aromatic heterocycles. The van der Waals surface area contributed by atoms with Crippen molar-refractivity contribution in [3.63, 3.8) is 0 Å². The predicted octanol–water partition coefficient (Wildman–Crippen LogP) is 5.76. The first-order valence-electron chi connectivity index (χ1n) is 30.2. The van der Waals surface area contributed by atoms with Crippen LogP contribution in [0, 0.1) is 29.6 Å². The van der Waals surface area contributed by atoms with E-state index in [1.165, 1.54) is 41.5 Å². The highest BCUT2D eigenvalue weighted by atomic mass is 16.2. The van der Waals surface area contributed by atoms with E-state index in [0.717, 1.165) is 44.9 Å². The van der Waals surface area contributed by atoms with Gasteiger partial charge in [0.15, 0.2) is 5.78 Å². The number of rotatable bonds is 36. The van der Waals surface area contributed by atoms with Crippen LogP contribution in [0.25, 0.3) is 0 Å². The molecule has 9 N–H and O–H groups in total. The first kappa shape index (κ1) is 72.2. The number of carbonyl (C=O) groups is 10. The number of nitrogens with zero attached hydrogens (tertiary/aromatic N) is 1. The topological polar surface area (TPSA) is 282 Å². The number of carbonyl (C=O) groups excluding carboxylic acids is 10. The van der Waals surface area contributed by atoms with E-state index < -0.39 is 94.0 Å². The van der Waals surface area contributed by atoms with Crippen LogP contribution in [0.3, 0.4) is 0 Å². The van der Waals surface area contributed by atoms with Crippen molar-refractivity contribution in [3.05, 3.63) is 35.9 Å². The zero-order valence-electron chi connectivity index (χ0n) is 52.7. The Bertz CT molecular complexity index is 2270. The number of hydrogen-bond donors (Lipinski definition) is 9. The minimum absolute atomic E-state index is 0.0300. The zero-order valence-corrected chi connectivity index (χ0v) is 52.7. The molecule has 1 saturated carbocycles. The monoisotopic (exact) mass is 1150 g/mol. The first-order valence-corrected chi connectivity index (χ1v) is 30.2. The van der Waals surface area contributed by atoms with Gasteiger partial charge in [-0.15, -0.1) is 0 Å². The number of ketones is 1. The fourth-order valence-corrected chi connectivity index (χ4v) is 10.1. The normalized spacial score (nSPS) is 16.7. The van der Waals surface area contributed by atoms with Crippen molar-refractivity contribution >= 4 is 58.9 Å². The van der Waals surface area contributed by atoms with Crippen LogP contribution in [0.5, 0.6) is 0 Å². The molecule has 0 bridgehead atoms. The van der Waals surface area contributed by atoms with Gasteiger partial charge in [-0.1, -0.05) is 130 Å². The highest BCUT2D eigenvalue weighted by Crippen LogP contribution is 2.33. The number of Topliss-reactive ketones (excluding diaryl/α,β-unsaturated/α-hetero) is 1.